The van der Waals surface area contributed by atoms with E-state index in [-0.39, 0.29) is 5.56 Å². The number of hydrogen-bond acceptors (Lipinski definition) is 4. The first kappa shape index (κ1) is 16.3. The molecule has 6 heteroatoms. The van der Waals surface area contributed by atoms with Crippen molar-refractivity contribution in [3.05, 3.63) is 41.2 Å². The Labute approximate surface area is 146 Å². The predicted molar refractivity (Wildman–Crippen MR) is 93.6 cm³/mol. The van der Waals surface area contributed by atoms with Crippen LogP contribution in [0.1, 0.15) is 41.0 Å². The molecule has 3 heterocycles. The molecule has 1 aromatic carbocycles. The number of nitrogens with zero attached hydrogens (tertiary/aromatic N) is 2. The number of carbonyl (C=O) groups is 1. The summed E-state index contributed by atoms with van der Waals surface area (Å²) >= 11 is 0. The molecule has 25 heavy (non-hydrogen) atoms. The topological polar surface area (TPSA) is 78.4 Å². The number of benzene rings is 1. The van der Waals surface area contributed by atoms with Gasteiger partial charge >= 0.3 is 5.97 Å². The van der Waals surface area contributed by atoms with Crippen LogP contribution in [0.4, 0.5) is 0 Å². The van der Waals surface area contributed by atoms with Crippen LogP contribution in [-0.4, -0.2) is 51.7 Å². The van der Waals surface area contributed by atoms with Gasteiger partial charge in [-0.05, 0) is 31.4 Å². The number of imidazole rings is 1. The maximum atomic E-state index is 11.2. The molecule has 0 amide bonds. The molecule has 1 saturated heterocycles. The fourth-order valence-electron chi connectivity index (χ4n) is 3.68. The summed E-state index contributed by atoms with van der Waals surface area (Å²) in [7, 11) is 0. The predicted octanol–water partition coefficient (Wildman–Crippen LogP) is 2.70. The fraction of sp³-hybridized carbons (Fsp3) is 0.474. The third-order valence-electron chi connectivity index (χ3n) is 5.03. The van der Waals surface area contributed by atoms with Gasteiger partial charge in [-0.2, -0.15) is 0 Å². The molecule has 1 fully saturated rings. The Morgan fingerprint density at radius 1 is 1.40 bits per heavy atom. The minimum Gasteiger partial charge on any atom is -0.478 e. The summed E-state index contributed by atoms with van der Waals surface area (Å²) in [5, 5.41) is 9.16. The zero-order valence-corrected chi connectivity index (χ0v) is 14.2. The lowest BCUT2D eigenvalue weighted by Gasteiger charge is -2.31. The molecule has 0 radical (unpaired) electrons. The van der Waals surface area contributed by atoms with Gasteiger partial charge in [0.05, 0.1) is 23.1 Å². The van der Waals surface area contributed by atoms with Crippen LogP contribution in [0, 0.1) is 0 Å². The van der Waals surface area contributed by atoms with Crippen molar-refractivity contribution in [1.82, 2.24) is 14.9 Å². The first-order chi connectivity index (χ1) is 12.2. The number of fused-ring (bicyclic) bond motifs is 1. The molecule has 1 atom stereocenters. The van der Waals surface area contributed by atoms with E-state index in [4.69, 9.17) is 14.8 Å². The molecule has 0 bridgehead atoms. The van der Waals surface area contributed by atoms with E-state index < -0.39 is 5.97 Å². The third-order valence-corrected chi connectivity index (χ3v) is 5.03. The third kappa shape index (κ3) is 3.60. The van der Waals surface area contributed by atoms with Crippen LogP contribution in [0.2, 0.25) is 0 Å². The highest BCUT2D eigenvalue weighted by Gasteiger charge is 2.24. The van der Waals surface area contributed by atoms with Crippen LogP contribution in [-0.2, 0) is 17.7 Å². The number of carboxylic acid groups (broad SMARTS) is 1. The van der Waals surface area contributed by atoms with Gasteiger partial charge in [-0.1, -0.05) is 12.1 Å². The quantitative estimate of drug-likeness (QED) is 0.894. The summed E-state index contributed by atoms with van der Waals surface area (Å²) in [6.45, 7) is 3.70. The monoisotopic (exact) mass is 341 g/mol. The molecule has 4 rings (SSSR count). The molecule has 2 N–H and O–H groups in total. The van der Waals surface area contributed by atoms with Crippen LogP contribution >= 0.6 is 0 Å². The Hall–Kier alpha value is -2.18. The van der Waals surface area contributed by atoms with Gasteiger partial charge in [-0.25, -0.2) is 9.78 Å². The van der Waals surface area contributed by atoms with Crippen molar-refractivity contribution in [2.45, 2.75) is 38.3 Å². The van der Waals surface area contributed by atoms with E-state index >= 15 is 0 Å². The average molecular weight is 341 g/mol. The zero-order chi connectivity index (χ0) is 17.2. The van der Waals surface area contributed by atoms with Gasteiger partial charge in [-0.3, -0.25) is 4.90 Å². The lowest BCUT2D eigenvalue weighted by atomic mass is 10.1. The zero-order valence-electron chi connectivity index (χ0n) is 14.2. The SMILES string of the molecule is O=C(O)c1cccc(-c2nc3c([nH]2)CN(C[C@@H]2CCCCO2)CC3)c1. The van der Waals surface area contributed by atoms with Crippen molar-refractivity contribution in [3.63, 3.8) is 0 Å². The molecule has 2 aromatic rings. The molecule has 0 unspecified atom stereocenters. The van der Waals surface area contributed by atoms with E-state index in [0.717, 1.165) is 61.9 Å². The summed E-state index contributed by atoms with van der Waals surface area (Å²) in [6, 6.07) is 6.91. The Bertz CT molecular complexity index is 765. The van der Waals surface area contributed by atoms with E-state index in [9.17, 15) is 4.79 Å². The largest absolute Gasteiger partial charge is 0.478 e. The molecule has 132 valence electrons. The Kier molecular flexibility index (Phi) is 4.55. The number of aromatic amines is 1. The van der Waals surface area contributed by atoms with Gasteiger partial charge in [0.15, 0.2) is 0 Å². The van der Waals surface area contributed by atoms with Crippen molar-refractivity contribution in [3.8, 4) is 11.4 Å². The average Bonchev–Trinajstić information content (AvgIpc) is 3.06. The van der Waals surface area contributed by atoms with Gasteiger partial charge in [0.2, 0.25) is 0 Å². The maximum Gasteiger partial charge on any atom is 0.335 e. The molecular formula is C19H23N3O3. The summed E-state index contributed by atoms with van der Waals surface area (Å²) in [5.41, 5.74) is 3.33. The minimum atomic E-state index is -0.920. The maximum absolute atomic E-state index is 11.2. The van der Waals surface area contributed by atoms with Crippen molar-refractivity contribution in [1.29, 1.82) is 0 Å². The number of hydrogen-bond donors (Lipinski definition) is 2. The van der Waals surface area contributed by atoms with Gasteiger partial charge in [0, 0.05) is 38.2 Å². The standard InChI is InChI=1S/C19H23N3O3/c23-19(24)14-5-3-4-13(10-14)18-20-16-7-8-22(12-17(16)21-18)11-15-6-1-2-9-25-15/h3-5,10,15H,1-2,6-9,11-12H2,(H,20,21)(H,23,24)/t15-/m0/s1. The van der Waals surface area contributed by atoms with Gasteiger partial charge in [0.25, 0.3) is 0 Å². The highest BCUT2D eigenvalue weighted by molar-refractivity contribution is 5.89. The van der Waals surface area contributed by atoms with Crippen LogP contribution in [0.25, 0.3) is 11.4 Å². The highest BCUT2D eigenvalue weighted by atomic mass is 16.5. The van der Waals surface area contributed by atoms with E-state index in [2.05, 4.69) is 9.88 Å². The number of rotatable bonds is 4. The first-order valence-electron chi connectivity index (χ1n) is 8.94. The van der Waals surface area contributed by atoms with Crippen LogP contribution in [0.15, 0.2) is 24.3 Å². The molecule has 1 aromatic heterocycles. The number of nitrogens with one attached hydrogen (secondary N) is 1. The van der Waals surface area contributed by atoms with Crippen molar-refractivity contribution in [2.24, 2.45) is 0 Å². The first-order valence-corrected chi connectivity index (χ1v) is 8.94. The van der Waals surface area contributed by atoms with Crippen LogP contribution < -0.4 is 0 Å². The second-order valence-corrected chi connectivity index (χ2v) is 6.87. The lowest BCUT2D eigenvalue weighted by molar-refractivity contribution is -0.00826. The Balaban J connectivity index is 1.48. The lowest BCUT2D eigenvalue weighted by Crippen LogP contribution is -2.38. The number of H-pyrrole nitrogens is 1. The normalized spacial score (nSPS) is 21.0. The molecule has 2 aliphatic heterocycles. The van der Waals surface area contributed by atoms with Crippen molar-refractivity contribution in [2.75, 3.05) is 19.7 Å². The molecule has 0 spiro atoms. The second kappa shape index (κ2) is 6.98. The van der Waals surface area contributed by atoms with E-state index in [1.807, 2.05) is 6.07 Å². The smallest absolute Gasteiger partial charge is 0.335 e. The van der Waals surface area contributed by atoms with E-state index in [0.29, 0.717) is 6.10 Å². The molecule has 6 nitrogen and oxygen atoms in total. The summed E-state index contributed by atoms with van der Waals surface area (Å²) in [5.74, 6) is -0.166. The van der Waals surface area contributed by atoms with Crippen molar-refractivity contribution < 1.29 is 14.6 Å². The molecule has 2 aliphatic rings. The number of aromatic carboxylic acids is 1. The van der Waals surface area contributed by atoms with Gasteiger partial charge in [0.1, 0.15) is 5.82 Å². The Morgan fingerprint density at radius 3 is 3.12 bits per heavy atom. The van der Waals surface area contributed by atoms with E-state index in [1.165, 1.54) is 12.8 Å². The molecular weight excluding hydrogens is 318 g/mol. The fourth-order valence-corrected chi connectivity index (χ4v) is 3.68. The van der Waals surface area contributed by atoms with Gasteiger partial charge < -0.3 is 14.8 Å². The minimum absolute atomic E-state index is 0.281. The van der Waals surface area contributed by atoms with Crippen molar-refractivity contribution >= 4 is 5.97 Å². The van der Waals surface area contributed by atoms with Crippen LogP contribution in [0.3, 0.4) is 0 Å². The van der Waals surface area contributed by atoms with Crippen LogP contribution in [0.5, 0.6) is 0 Å². The number of aromatic nitrogens is 2. The summed E-state index contributed by atoms with van der Waals surface area (Å²) in [4.78, 5) is 21.7. The molecule has 0 aliphatic carbocycles. The summed E-state index contributed by atoms with van der Waals surface area (Å²) < 4.78 is 5.86. The van der Waals surface area contributed by atoms with Gasteiger partial charge in [-0.15, -0.1) is 0 Å². The Morgan fingerprint density at radius 2 is 2.32 bits per heavy atom. The number of carboxylic acids is 1. The number of ether oxygens (including phenoxy) is 1. The highest BCUT2D eigenvalue weighted by Crippen LogP contribution is 2.24. The molecule has 0 saturated carbocycles. The van der Waals surface area contributed by atoms with E-state index in [1.54, 1.807) is 18.2 Å². The summed E-state index contributed by atoms with van der Waals surface area (Å²) in [6.07, 6.45) is 4.86. The second-order valence-electron chi connectivity index (χ2n) is 6.87.